The van der Waals surface area contributed by atoms with Gasteiger partial charge in [0.1, 0.15) is 6.54 Å². The van der Waals surface area contributed by atoms with E-state index in [4.69, 9.17) is 17.3 Å². The van der Waals surface area contributed by atoms with Crippen molar-refractivity contribution >= 4 is 50.1 Å². The number of hydrogen-bond donors (Lipinski definition) is 1. The lowest BCUT2D eigenvalue weighted by atomic mass is 10.2. The summed E-state index contributed by atoms with van der Waals surface area (Å²) < 4.78 is 30.6. The van der Waals surface area contributed by atoms with E-state index in [-0.39, 0.29) is 22.0 Å². The molecule has 2 N–H and O–H groups in total. The maximum absolute atomic E-state index is 12.5. The van der Waals surface area contributed by atoms with Crippen LogP contribution < -0.4 is 11.2 Å². The van der Waals surface area contributed by atoms with E-state index in [2.05, 4.69) is 4.40 Å². The summed E-state index contributed by atoms with van der Waals surface area (Å²) in [6.07, 6.45) is 1.52. The third-order valence-electron chi connectivity index (χ3n) is 2.93. The van der Waals surface area contributed by atoms with E-state index >= 15 is 0 Å². The summed E-state index contributed by atoms with van der Waals surface area (Å²) >= 11 is 8.12. The second-order valence-corrected chi connectivity index (χ2v) is 7.92. The molecule has 0 bridgehead atoms. The highest BCUT2D eigenvalue weighted by atomic mass is 127. The minimum atomic E-state index is -3.96. The Labute approximate surface area is 152 Å². The van der Waals surface area contributed by atoms with Crippen LogP contribution in [-0.4, -0.2) is 18.9 Å². The monoisotopic (exact) mass is 465 g/mol. The van der Waals surface area contributed by atoms with Gasteiger partial charge in [0.15, 0.2) is 5.49 Å². The maximum atomic E-state index is 12.5. The summed E-state index contributed by atoms with van der Waals surface area (Å²) in [4.78, 5) is 11.2. The quantitative estimate of drug-likeness (QED) is 0.698. The van der Waals surface area contributed by atoms with Crippen LogP contribution in [0.5, 0.6) is 0 Å². The number of pyridine rings is 1. The topological polar surface area (TPSA) is 94.5 Å². The van der Waals surface area contributed by atoms with Crippen molar-refractivity contribution in [3.63, 3.8) is 0 Å². The molecule has 0 spiro atoms. The molecule has 1 amide bonds. The van der Waals surface area contributed by atoms with Crippen LogP contribution in [0.4, 0.5) is 0 Å². The highest BCUT2D eigenvalue weighted by Gasteiger charge is 2.15. The molecule has 0 aliphatic heterocycles. The number of nitrogens with zero attached hydrogens (tertiary/aromatic N) is 2. The van der Waals surface area contributed by atoms with Gasteiger partial charge >= 0.3 is 0 Å². The number of halogens is 2. The molecule has 0 saturated carbocycles. The fourth-order valence-electron chi connectivity index (χ4n) is 1.80. The van der Waals surface area contributed by atoms with E-state index in [1.807, 2.05) is 29.5 Å². The Balaban J connectivity index is 2.68. The number of sulfonamides is 1. The van der Waals surface area contributed by atoms with Gasteiger partial charge in [0.2, 0.25) is 5.91 Å². The highest BCUT2D eigenvalue weighted by molar-refractivity contribution is 14.1. The number of rotatable bonds is 4. The normalized spacial score (nSPS) is 12.4. The predicted octanol–water partition coefficient (Wildman–Crippen LogP) is 1.83. The SMILES string of the molecule is Cc1ccc(S(=O)(=O)/N=c2/c(Cl)c(I)ccn2CC(N)=O)cc1. The van der Waals surface area contributed by atoms with Crippen LogP contribution in [0.3, 0.4) is 0 Å². The Morgan fingerprint density at radius 2 is 1.91 bits per heavy atom. The van der Waals surface area contributed by atoms with Crippen molar-refractivity contribution in [2.24, 2.45) is 10.1 Å². The average Bonchev–Trinajstić information content (AvgIpc) is 2.47. The van der Waals surface area contributed by atoms with Gasteiger partial charge in [-0.1, -0.05) is 29.3 Å². The van der Waals surface area contributed by atoms with Gasteiger partial charge in [-0.25, -0.2) is 0 Å². The number of carbonyl (C=O) groups is 1. The fourth-order valence-corrected chi connectivity index (χ4v) is 3.47. The van der Waals surface area contributed by atoms with Crippen molar-refractivity contribution in [2.75, 3.05) is 0 Å². The van der Waals surface area contributed by atoms with Gasteiger partial charge < -0.3 is 10.3 Å². The maximum Gasteiger partial charge on any atom is 0.284 e. The van der Waals surface area contributed by atoms with Crippen LogP contribution in [0, 0.1) is 10.5 Å². The van der Waals surface area contributed by atoms with Crippen molar-refractivity contribution in [3.8, 4) is 0 Å². The molecule has 0 fully saturated rings. The van der Waals surface area contributed by atoms with E-state index < -0.39 is 15.9 Å². The van der Waals surface area contributed by atoms with Crippen LogP contribution in [0.25, 0.3) is 0 Å². The molecule has 0 atom stereocenters. The molecule has 9 heteroatoms. The number of hydrogen-bond acceptors (Lipinski definition) is 3. The number of amides is 1. The van der Waals surface area contributed by atoms with Crippen molar-refractivity contribution < 1.29 is 13.2 Å². The van der Waals surface area contributed by atoms with Gasteiger partial charge in [0.05, 0.1) is 9.92 Å². The Morgan fingerprint density at radius 1 is 1.30 bits per heavy atom. The first-order valence-electron chi connectivity index (χ1n) is 6.41. The van der Waals surface area contributed by atoms with Crippen LogP contribution in [0.15, 0.2) is 45.8 Å². The van der Waals surface area contributed by atoms with Crippen molar-refractivity contribution in [1.82, 2.24) is 4.57 Å². The van der Waals surface area contributed by atoms with E-state index in [0.29, 0.717) is 3.57 Å². The van der Waals surface area contributed by atoms with Crippen LogP contribution in [0.1, 0.15) is 5.56 Å². The summed E-state index contributed by atoms with van der Waals surface area (Å²) in [6.45, 7) is 1.63. The Morgan fingerprint density at radius 3 is 2.48 bits per heavy atom. The third kappa shape index (κ3) is 4.33. The van der Waals surface area contributed by atoms with Crippen molar-refractivity contribution in [1.29, 1.82) is 0 Å². The van der Waals surface area contributed by atoms with Gasteiger partial charge in [-0.15, -0.1) is 4.40 Å². The number of nitrogens with two attached hydrogens (primary N) is 1. The largest absolute Gasteiger partial charge is 0.368 e. The number of benzene rings is 1. The summed E-state index contributed by atoms with van der Waals surface area (Å²) in [6, 6.07) is 7.93. The molecule has 23 heavy (non-hydrogen) atoms. The van der Waals surface area contributed by atoms with Crippen LogP contribution >= 0.6 is 34.2 Å². The molecule has 2 rings (SSSR count). The molecule has 1 aromatic heterocycles. The van der Waals surface area contributed by atoms with Gasteiger partial charge in [0, 0.05) is 9.77 Å². The van der Waals surface area contributed by atoms with Gasteiger partial charge in [-0.3, -0.25) is 4.79 Å². The van der Waals surface area contributed by atoms with Crippen molar-refractivity contribution in [2.45, 2.75) is 18.4 Å². The Bertz CT molecular complexity index is 921. The minimum absolute atomic E-state index is 0.0297. The molecular formula is C14H13ClIN3O3S. The molecule has 6 nitrogen and oxygen atoms in total. The van der Waals surface area contributed by atoms with Gasteiger partial charge in [0.25, 0.3) is 10.0 Å². The predicted molar refractivity (Wildman–Crippen MR) is 95.3 cm³/mol. The zero-order chi connectivity index (χ0) is 17.2. The number of aromatic nitrogens is 1. The number of primary amides is 1. The summed E-state index contributed by atoms with van der Waals surface area (Å²) in [5.41, 5.74) is 6.08. The standard InChI is InChI=1S/C14H13ClIN3O3S/c1-9-2-4-10(5-3-9)23(21,22)18-14-13(15)11(16)6-7-19(14)8-12(17)20/h2-7H,8H2,1H3,(H2,17,20)/b18-14-. The zero-order valence-electron chi connectivity index (χ0n) is 12.0. The zero-order valence-corrected chi connectivity index (χ0v) is 15.8. The summed E-state index contributed by atoms with van der Waals surface area (Å²) in [5, 5.41) is 0.144. The lowest BCUT2D eigenvalue weighted by Gasteiger charge is -2.08. The average molecular weight is 466 g/mol. The lowest BCUT2D eigenvalue weighted by Crippen LogP contribution is -2.30. The number of aryl methyl sites for hydroxylation is 1. The van der Waals surface area contributed by atoms with E-state index in [1.54, 1.807) is 18.2 Å². The smallest absolute Gasteiger partial charge is 0.284 e. The van der Waals surface area contributed by atoms with E-state index in [9.17, 15) is 13.2 Å². The molecule has 122 valence electrons. The second-order valence-electron chi connectivity index (χ2n) is 4.77. The van der Waals surface area contributed by atoms with Gasteiger partial charge in [-0.2, -0.15) is 8.42 Å². The molecule has 1 heterocycles. The first kappa shape index (κ1) is 18.0. The van der Waals surface area contributed by atoms with E-state index in [1.165, 1.54) is 22.9 Å². The first-order chi connectivity index (χ1) is 10.7. The van der Waals surface area contributed by atoms with Crippen LogP contribution in [-0.2, 0) is 21.4 Å². The highest BCUT2D eigenvalue weighted by Crippen LogP contribution is 2.16. The minimum Gasteiger partial charge on any atom is -0.368 e. The first-order valence-corrected chi connectivity index (χ1v) is 9.31. The molecule has 1 aromatic carbocycles. The molecule has 0 radical (unpaired) electrons. The fraction of sp³-hybridized carbons (Fsp3) is 0.143. The molecular weight excluding hydrogens is 453 g/mol. The van der Waals surface area contributed by atoms with Crippen LogP contribution in [0.2, 0.25) is 5.02 Å². The van der Waals surface area contributed by atoms with E-state index in [0.717, 1.165) is 5.56 Å². The second kappa shape index (κ2) is 7.02. The Hall–Kier alpha value is -1.39. The summed E-state index contributed by atoms with van der Waals surface area (Å²) in [7, 11) is -3.96. The van der Waals surface area contributed by atoms with Gasteiger partial charge in [-0.05, 0) is 47.7 Å². The molecule has 0 aliphatic carbocycles. The third-order valence-corrected chi connectivity index (χ3v) is 5.80. The molecule has 0 unspecified atom stereocenters. The Kier molecular flexibility index (Phi) is 5.48. The summed E-state index contributed by atoms with van der Waals surface area (Å²) in [5.74, 6) is -0.628. The van der Waals surface area contributed by atoms with Crippen molar-refractivity contribution in [3.05, 3.63) is 56.2 Å². The molecule has 0 aliphatic rings. The number of carbonyl (C=O) groups excluding carboxylic acids is 1. The lowest BCUT2D eigenvalue weighted by molar-refractivity contribution is -0.118. The molecule has 2 aromatic rings. The molecule has 0 saturated heterocycles.